The Bertz CT molecular complexity index is 1720. The molecule has 5 heterocycles. The van der Waals surface area contributed by atoms with Crippen molar-refractivity contribution < 1.29 is 4.79 Å². The number of nitriles is 1. The number of pyridine rings is 1. The number of carbonyl (C=O) groups is 1. The first-order valence-electron chi connectivity index (χ1n) is 12.2. The van der Waals surface area contributed by atoms with E-state index in [1.165, 1.54) is 35.1 Å². The van der Waals surface area contributed by atoms with Gasteiger partial charge in [-0.3, -0.25) is 19.1 Å². The predicted molar refractivity (Wildman–Crippen MR) is 137 cm³/mol. The molecule has 192 valence electrons. The van der Waals surface area contributed by atoms with Gasteiger partial charge < -0.3 is 14.8 Å². The third-order valence-electron chi connectivity index (χ3n) is 7.32. The third kappa shape index (κ3) is 3.90. The van der Waals surface area contributed by atoms with Crippen LogP contribution >= 0.6 is 0 Å². The van der Waals surface area contributed by atoms with Crippen molar-refractivity contribution in [2.45, 2.75) is 25.9 Å². The van der Waals surface area contributed by atoms with Crippen LogP contribution in [0.2, 0.25) is 0 Å². The van der Waals surface area contributed by atoms with Gasteiger partial charge in [-0.2, -0.15) is 5.26 Å². The highest BCUT2D eigenvalue weighted by molar-refractivity contribution is 5.93. The minimum absolute atomic E-state index is 0.0475. The first-order chi connectivity index (χ1) is 18.4. The van der Waals surface area contributed by atoms with Crippen molar-refractivity contribution >= 4 is 28.7 Å². The summed E-state index contributed by atoms with van der Waals surface area (Å²) in [6, 6.07) is 4.86. The van der Waals surface area contributed by atoms with E-state index in [4.69, 9.17) is 5.26 Å². The van der Waals surface area contributed by atoms with Crippen LogP contribution in [-0.2, 0) is 18.4 Å². The first kappa shape index (κ1) is 23.5. The molecule has 3 atom stereocenters. The average molecular weight is 513 g/mol. The Labute approximate surface area is 216 Å². The molecule has 1 amide bonds. The highest BCUT2D eigenvalue weighted by Gasteiger charge is 2.45. The molecule has 6 rings (SSSR count). The maximum atomic E-state index is 13.1. The molecule has 2 aliphatic rings. The molecule has 1 aliphatic carbocycles. The van der Waals surface area contributed by atoms with Gasteiger partial charge in [0, 0.05) is 31.9 Å². The number of rotatable bonds is 6. The summed E-state index contributed by atoms with van der Waals surface area (Å²) in [4.78, 5) is 58.3. The van der Waals surface area contributed by atoms with E-state index >= 15 is 0 Å². The molecule has 1 aliphatic heterocycles. The number of hydrogen-bond donors (Lipinski definition) is 1. The average Bonchev–Trinajstić information content (AvgIpc) is 3.32. The highest BCUT2D eigenvalue weighted by atomic mass is 16.2. The van der Waals surface area contributed by atoms with Gasteiger partial charge in [0.15, 0.2) is 17.0 Å². The van der Waals surface area contributed by atoms with Crippen LogP contribution in [0.3, 0.4) is 0 Å². The van der Waals surface area contributed by atoms with Crippen molar-refractivity contribution in [2.75, 3.05) is 23.3 Å². The number of aromatic nitrogens is 7. The summed E-state index contributed by atoms with van der Waals surface area (Å²) in [6.45, 7) is 3.30. The van der Waals surface area contributed by atoms with Crippen LogP contribution in [0.25, 0.3) is 22.4 Å². The Morgan fingerprint density at radius 1 is 1.18 bits per heavy atom. The Hall–Kier alpha value is -4.86. The number of piperidine rings is 1. The molecular formula is C25H24N10O3. The molecule has 4 aromatic rings. The predicted octanol–water partition coefficient (Wildman–Crippen LogP) is 0.928. The lowest BCUT2D eigenvalue weighted by atomic mass is 10.2. The summed E-state index contributed by atoms with van der Waals surface area (Å²) in [5.41, 5.74) is 0.156. The number of amides is 1. The fourth-order valence-electron chi connectivity index (χ4n) is 5.03. The SMILES string of the molecule is CC(C(=O)Nc1cncc(-c2ccc(N3CC4CC4C3)nc2)n1)n1cnc2c1c(=O)n(CC#N)c(=O)n2C. The standard InChI is InChI=1S/C25H24N10O3/c1-14(35-13-29-22-21(35)24(37)34(6-5-26)25(38)32(22)2)23(36)31-19-10-27-9-18(30-19)15-3-4-20(28-8-15)33-11-16-7-17(16)12-33/h3-4,8-10,13-14,16-17H,6-7,11-12H2,1-2H3,(H,30,31,36). The number of nitrogens with one attached hydrogen (secondary N) is 1. The zero-order valence-electron chi connectivity index (χ0n) is 20.8. The van der Waals surface area contributed by atoms with Crippen molar-refractivity contribution in [3.63, 3.8) is 0 Å². The van der Waals surface area contributed by atoms with Crippen molar-refractivity contribution in [2.24, 2.45) is 18.9 Å². The molecule has 0 aromatic carbocycles. The number of imidazole rings is 1. The molecule has 1 saturated heterocycles. The summed E-state index contributed by atoms with van der Waals surface area (Å²) in [7, 11) is 1.45. The molecule has 2 fully saturated rings. The lowest BCUT2D eigenvalue weighted by molar-refractivity contribution is -0.118. The van der Waals surface area contributed by atoms with E-state index < -0.39 is 29.7 Å². The van der Waals surface area contributed by atoms with Gasteiger partial charge >= 0.3 is 5.69 Å². The maximum Gasteiger partial charge on any atom is 0.333 e. The molecule has 38 heavy (non-hydrogen) atoms. The van der Waals surface area contributed by atoms with E-state index in [0.717, 1.165) is 40.9 Å². The topological polar surface area (TPSA) is 157 Å². The Morgan fingerprint density at radius 2 is 1.97 bits per heavy atom. The van der Waals surface area contributed by atoms with Crippen LogP contribution in [0, 0.1) is 23.2 Å². The second-order valence-electron chi connectivity index (χ2n) is 9.74. The molecule has 13 heteroatoms. The number of fused-ring (bicyclic) bond motifs is 2. The zero-order valence-corrected chi connectivity index (χ0v) is 20.8. The second kappa shape index (κ2) is 8.91. The van der Waals surface area contributed by atoms with Gasteiger partial charge in [0.25, 0.3) is 5.56 Å². The number of hydrogen-bond acceptors (Lipinski definition) is 9. The van der Waals surface area contributed by atoms with Crippen LogP contribution in [0.4, 0.5) is 11.6 Å². The number of aryl methyl sites for hydroxylation is 1. The highest BCUT2D eigenvalue weighted by Crippen LogP contribution is 2.45. The van der Waals surface area contributed by atoms with E-state index in [9.17, 15) is 14.4 Å². The van der Waals surface area contributed by atoms with Crippen LogP contribution in [-0.4, -0.2) is 52.6 Å². The molecule has 0 radical (unpaired) electrons. The molecule has 1 saturated carbocycles. The monoisotopic (exact) mass is 512 g/mol. The molecular weight excluding hydrogens is 488 g/mol. The zero-order chi connectivity index (χ0) is 26.6. The Kier molecular flexibility index (Phi) is 5.52. The number of nitrogens with zero attached hydrogens (tertiary/aromatic N) is 9. The molecule has 4 aromatic heterocycles. The quantitative estimate of drug-likeness (QED) is 0.397. The van der Waals surface area contributed by atoms with Crippen molar-refractivity contribution in [1.82, 2.24) is 33.6 Å². The molecule has 0 spiro atoms. The minimum Gasteiger partial charge on any atom is -0.356 e. The van der Waals surface area contributed by atoms with Gasteiger partial charge in [-0.1, -0.05) is 0 Å². The van der Waals surface area contributed by atoms with Gasteiger partial charge in [-0.05, 0) is 37.3 Å². The lowest BCUT2D eigenvalue weighted by Gasteiger charge is -2.19. The van der Waals surface area contributed by atoms with E-state index in [2.05, 4.69) is 30.2 Å². The van der Waals surface area contributed by atoms with Gasteiger partial charge in [0.05, 0.1) is 30.5 Å². The van der Waals surface area contributed by atoms with Crippen LogP contribution in [0.1, 0.15) is 19.4 Å². The summed E-state index contributed by atoms with van der Waals surface area (Å²) in [6.07, 6.45) is 7.44. The third-order valence-corrected chi connectivity index (χ3v) is 7.32. The normalized spacial score (nSPS) is 18.7. The van der Waals surface area contributed by atoms with Gasteiger partial charge in [-0.25, -0.2) is 24.3 Å². The molecule has 1 N–H and O–H groups in total. The Morgan fingerprint density at radius 3 is 2.68 bits per heavy atom. The summed E-state index contributed by atoms with van der Waals surface area (Å²) < 4.78 is 3.37. The van der Waals surface area contributed by atoms with Crippen LogP contribution in [0.5, 0.6) is 0 Å². The van der Waals surface area contributed by atoms with E-state index in [1.54, 1.807) is 19.3 Å². The number of anilines is 2. The summed E-state index contributed by atoms with van der Waals surface area (Å²) in [5.74, 6) is 2.36. The lowest BCUT2D eigenvalue weighted by Crippen LogP contribution is -2.40. The fraction of sp³-hybridized carbons (Fsp3) is 0.360. The molecule has 3 unspecified atom stereocenters. The van der Waals surface area contributed by atoms with Gasteiger partial charge in [-0.15, -0.1) is 0 Å². The largest absolute Gasteiger partial charge is 0.356 e. The fourth-order valence-corrected chi connectivity index (χ4v) is 5.03. The molecule has 13 nitrogen and oxygen atoms in total. The first-order valence-corrected chi connectivity index (χ1v) is 12.2. The van der Waals surface area contributed by atoms with Crippen molar-refractivity contribution in [1.29, 1.82) is 5.26 Å². The number of carbonyl (C=O) groups excluding carboxylic acids is 1. The summed E-state index contributed by atoms with van der Waals surface area (Å²) in [5, 5.41) is 11.8. The van der Waals surface area contributed by atoms with Crippen molar-refractivity contribution in [3.8, 4) is 17.3 Å². The van der Waals surface area contributed by atoms with Crippen molar-refractivity contribution in [3.05, 3.63) is 57.9 Å². The van der Waals surface area contributed by atoms with E-state index in [0.29, 0.717) is 5.69 Å². The smallest absolute Gasteiger partial charge is 0.333 e. The Balaban J connectivity index is 1.23. The maximum absolute atomic E-state index is 13.1. The second-order valence-corrected chi connectivity index (χ2v) is 9.74. The van der Waals surface area contributed by atoms with E-state index in [1.807, 2.05) is 18.2 Å². The van der Waals surface area contributed by atoms with Gasteiger partial charge in [0.1, 0.15) is 18.4 Å². The van der Waals surface area contributed by atoms with E-state index in [-0.39, 0.29) is 17.0 Å². The molecule has 0 bridgehead atoms. The summed E-state index contributed by atoms with van der Waals surface area (Å²) >= 11 is 0. The van der Waals surface area contributed by atoms with Crippen LogP contribution in [0.15, 0.2) is 46.6 Å². The van der Waals surface area contributed by atoms with Crippen LogP contribution < -0.4 is 21.5 Å². The minimum atomic E-state index is -0.876. The van der Waals surface area contributed by atoms with Gasteiger partial charge in [0.2, 0.25) is 5.91 Å².